The molecule has 0 atom stereocenters. The Morgan fingerprint density at radius 2 is 2.00 bits per heavy atom. The molecule has 0 aliphatic heterocycles. The number of hydrogen-bond donors (Lipinski definition) is 3. The average Bonchev–Trinajstić information content (AvgIpc) is 2.14. The molecule has 4 nitrogen and oxygen atoms in total. The van der Waals surface area contributed by atoms with Gasteiger partial charge in [-0.1, -0.05) is 18.2 Å². The summed E-state index contributed by atoms with van der Waals surface area (Å²) in [7, 11) is 0. The van der Waals surface area contributed by atoms with E-state index in [2.05, 4.69) is 10.5 Å². The van der Waals surface area contributed by atoms with Crippen LogP contribution >= 0.6 is 11.8 Å². The van der Waals surface area contributed by atoms with Crippen LogP contribution in [0.2, 0.25) is 0 Å². The molecular formula is C8H12N4S. The minimum absolute atomic E-state index is 0.0497. The zero-order valence-corrected chi connectivity index (χ0v) is 7.92. The predicted molar refractivity (Wildman–Crippen MR) is 56.1 cm³/mol. The monoisotopic (exact) mass is 196 g/mol. The first-order valence-corrected chi connectivity index (χ1v) is 4.77. The molecule has 13 heavy (non-hydrogen) atoms. The lowest BCUT2D eigenvalue weighted by Crippen LogP contribution is -2.26. The maximum atomic E-state index is 5.13. The summed E-state index contributed by atoms with van der Waals surface area (Å²) in [5, 5.41) is 3.64. The van der Waals surface area contributed by atoms with Gasteiger partial charge in [-0.15, -0.1) is 16.9 Å². The molecule has 0 heterocycles. The zero-order chi connectivity index (χ0) is 9.52. The van der Waals surface area contributed by atoms with Gasteiger partial charge in [-0.25, -0.2) is 0 Å². The summed E-state index contributed by atoms with van der Waals surface area (Å²) >= 11 is 1.63. The first kappa shape index (κ1) is 9.73. The van der Waals surface area contributed by atoms with Crippen LogP contribution in [0.25, 0.3) is 0 Å². The molecule has 70 valence electrons. The van der Waals surface area contributed by atoms with E-state index >= 15 is 0 Å². The van der Waals surface area contributed by atoms with Gasteiger partial charge in [0.05, 0.1) is 5.88 Å². The maximum Gasteiger partial charge on any atom is 0.208 e. The predicted octanol–water partition coefficient (Wildman–Crippen LogP) is 0.514. The number of nitrogens with two attached hydrogens (primary N) is 2. The lowest BCUT2D eigenvalue weighted by molar-refractivity contribution is 0.866. The fourth-order valence-electron chi connectivity index (χ4n) is 0.756. The van der Waals surface area contributed by atoms with Gasteiger partial charge >= 0.3 is 0 Å². The Bertz CT molecular complexity index is 269. The number of rotatable bonds is 4. The highest BCUT2D eigenvalue weighted by Crippen LogP contribution is 2.14. The van der Waals surface area contributed by atoms with Crippen molar-refractivity contribution in [1.82, 2.24) is 5.43 Å². The van der Waals surface area contributed by atoms with Gasteiger partial charge in [0.25, 0.3) is 0 Å². The summed E-state index contributed by atoms with van der Waals surface area (Å²) in [6, 6.07) is 10.0. The van der Waals surface area contributed by atoms with E-state index in [4.69, 9.17) is 11.5 Å². The standard InChI is InChI=1S/C8H12N4S/c9-8(10)12-11-6-13-7-4-2-1-3-5-7/h1-5,11H,6H2,(H4,9,10,12). The highest BCUT2D eigenvalue weighted by molar-refractivity contribution is 7.99. The van der Waals surface area contributed by atoms with Crippen molar-refractivity contribution in [3.8, 4) is 0 Å². The molecule has 0 saturated carbocycles. The summed E-state index contributed by atoms with van der Waals surface area (Å²) in [6.45, 7) is 0. The molecule has 1 aromatic carbocycles. The Labute approximate surface area is 81.4 Å². The van der Waals surface area contributed by atoms with E-state index in [9.17, 15) is 0 Å². The molecule has 0 aliphatic carbocycles. The molecule has 0 bridgehead atoms. The van der Waals surface area contributed by atoms with Crippen molar-refractivity contribution < 1.29 is 0 Å². The molecule has 0 spiro atoms. The lowest BCUT2D eigenvalue weighted by atomic mass is 10.4. The Morgan fingerprint density at radius 1 is 1.31 bits per heavy atom. The van der Waals surface area contributed by atoms with E-state index in [-0.39, 0.29) is 5.96 Å². The third-order valence-corrected chi connectivity index (χ3v) is 2.13. The van der Waals surface area contributed by atoms with Gasteiger partial charge in [0.2, 0.25) is 5.96 Å². The van der Waals surface area contributed by atoms with E-state index in [0.29, 0.717) is 5.88 Å². The summed E-state index contributed by atoms with van der Waals surface area (Å²) in [5.41, 5.74) is 13.0. The van der Waals surface area contributed by atoms with Crippen molar-refractivity contribution in [3.63, 3.8) is 0 Å². The first-order valence-electron chi connectivity index (χ1n) is 3.78. The van der Waals surface area contributed by atoms with E-state index in [1.165, 1.54) is 4.90 Å². The number of benzene rings is 1. The summed E-state index contributed by atoms with van der Waals surface area (Å²) in [5.74, 6) is 0.704. The third kappa shape index (κ3) is 4.27. The maximum absolute atomic E-state index is 5.13. The van der Waals surface area contributed by atoms with Gasteiger partial charge in [0, 0.05) is 4.90 Å². The fraction of sp³-hybridized carbons (Fsp3) is 0.125. The number of hydrazone groups is 1. The largest absolute Gasteiger partial charge is 0.369 e. The molecule has 0 aromatic heterocycles. The van der Waals surface area contributed by atoms with Crippen molar-refractivity contribution in [2.45, 2.75) is 4.90 Å². The summed E-state index contributed by atoms with van der Waals surface area (Å²) < 4.78 is 0. The normalized spacial score (nSPS) is 9.23. The van der Waals surface area contributed by atoms with Gasteiger partial charge in [-0.2, -0.15) is 0 Å². The van der Waals surface area contributed by atoms with Crippen molar-refractivity contribution in [2.24, 2.45) is 16.6 Å². The molecular weight excluding hydrogens is 184 g/mol. The van der Waals surface area contributed by atoms with E-state index < -0.39 is 0 Å². The van der Waals surface area contributed by atoms with Crippen LogP contribution in [0.15, 0.2) is 40.3 Å². The minimum atomic E-state index is 0.0497. The van der Waals surface area contributed by atoms with Crippen LogP contribution in [0, 0.1) is 0 Å². The second-order valence-electron chi connectivity index (χ2n) is 2.30. The first-order chi connectivity index (χ1) is 6.29. The number of nitrogens with one attached hydrogen (secondary N) is 1. The SMILES string of the molecule is NC(N)=NNCSc1ccccc1. The number of nitrogens with zero attached hydrogens (tertiary/aromatic N) is 1. The van der Waals surface area contributed by atoms with Gasteiger partial charge in [0.1, 0.15) is 0 Å². The van der Waals surface area contributed by atoms with Crippen LogP contribution in [0.3, 0.4) is 0 Å². The summed E-state index contributed by atoms with van der Waals surface area (Å²) in [4.78, 5) is 1.18. The highest BCUT2D eigenvalue weighted by atomic mass is 32.2. The Balaban J connectivity index is 2.25. The Morgan fingerprint density at radius 3 is 2.62 bits per heavy atom. The highest BCUT2D eigenvalue weighted by Gasteiger charge is 1.89. The Kier molecular flexibility index (Phi) is 3.98. The molecule has 5 N–H and O–H groups in total. The molecule has 0 fully saturated rings. The third-order valence-electron chi connectivity index (χ3n) is 1.25. The molecule has 0 amide bonds. The van der Waals surface area contributed by atoms with Gasteiger partial charge < -0.3 is 11.5 Å². The van der Waals surface area contributed by atoms with E-state index in [0.717, 1.165) is 0 Å². The van der Waals surface area contributed by atoms with Gasteiger partial charge in [-0.05, 0) is 12.1 Å². The smallest absolute Gasteiger partial charge is 0.208 e. The van der Waals surface area contributed by atoms with Crippen molar-refractivity contribution in [3.05, 3.63) is 30.3 Å². The lowest BCUT2D eigenvalue weighted by Gasteiger charge is -2.00. The quantitative estimate of drug-likeness (QED) is 0.164. The topological polar surface area (TPSA) is 76.4 Å². The van der Waals surface area contributed by atoms with Crippen molar-refractivity contribution in [2.75, 3.05) is 5.88 Å². The van der Waals surface area contributed by atoms with Crippen molar-refractivity contribution >= 4 is 17.7 Å². The number of guanidine groups is 1. The Hall–Kier alpha value is -1.36. The summed E-state index contributed by atoms with van der Waals surface area (Å²) in [6.07, 6.45) is 0. The van der Waals surface area contributed by atoms with Crippen LogP contribution in [-0.2, 0) is 0 Å². The van der Waals surface area contributed by atoms with E-state index in [1.807, 2.05) is 30.3 Å². The molecule has 1 rings (SSSR count). The van der Waals surface area contributed by atoms with E-state index in [1.54, 1.807) is 11.8 Å². The second-order valence-corrected chi connectivity index (χ2v) is 3.35. The van der Waals surface area contributed by atoms with Crippen LogP contribution in [0.5, 0.6) is 0 Å². The molecule has 5 heteroatoms. The van der Waals surface area contributed by atoms with Crippen LogP contribution < -0.4 is 16.9 Å². The fourth-order valence-corrected chi connectivity index (χ4v) is 1.40. The number of hydrogen-bond acceptors (Lipinski definition) is 3. The van der Waals surface area contributed by atoms with Gasteiger partial charge in [-0.3, -0.25) is 5.43 Å². The van der Waals surface area contributed by atoms with Gasteiger partial charge in [0.15, 0.2) is 0 Å². The van der Waals surface area contributed by atoms with Crippen LogP contribution in [0.4, 0.5) is 0 Å². The zero-order valence-electron chi connectivity index (χ0n) is 7.10. The molecule has 0 unspecified atom stereocenters. The van der Waals surface area contributed by atoms with Crippen LogP contribution in [0.1, 0.15) is 0 Å². The molecule has 0 aliphatic rings. The molecule has 0 saturated heterocycles. The van der Waals surface area contributed by atoms with Crippen LogP contribution in [-0.4, -0.2) is 11.8 Å². The molecule has 1 aromatic rings. The second kappa shape index (κ2) is 5.31. The molecule has 0 radical (unpaired) electrons. The minimum Gasteiger partial charge on any atom is -0.369 e. The van der Waals surface area contributed by atoms with Crippen molar-refractivity contribution in [1.29, 1.82) is 0 Å². The average molecular weight is 196 g/mol. The number of thioether (sulfide) groups is 1.